The van der Waals surface area contributed by atoms with E-state index in [9.17, 15) is 13.2 Å². The van der Waals surface area contributed by atoms with Crippen molar-refractivity contribution in [1.82, 2.24) is 0 Å². The van der Waals surface area contributed by atoms with Crippen molar-refractivity contribution in [3.05, 3.63) is 18.2 Å². The second-order valence-corrected chi connectivity index (χ2v) is 7.67. The SMILES string of the molecule is CC(C)(C)OC(=O)CSc1ccc(N)cc1S(N)(=O)=O. The van der Waals surface area contributed by atoms with Gasteiger partial charge in [0.2, 0.25) is 10.0 Å². The zero-order valence-corrected chi connectivity index (χ0v) is 13.2. The van der Waals surface area contributed by atoms with Crippen LogP contribution in [0, 0.1) is 0 Å². The summed E-state index contributed by atoms with van der Waals surface area (Å²) in [6.07, 6.45) is 0. The van der Waals surface area contributed by atoms with Crippen LogP contribution in [0.4, 0.5) is 5.69 Å². The number of hydrogen-bond donors (Lipinski definition) is 2. The summed E-state index contributed by atoms with van der Waals surface area (Å²) in [5.74, 6) is -0.441. The first-order valence-corrected chi connectivity index (χ1v) is 8.29. The number of ether oxygens (including phenoxy) is 1. The summed E-state index contributed by atoms with van der Waals surface area (Å²) < 4.78 is 28.1. The van der Waals surface area contributed by atoms with E-state index < -0.39 is 21.6 Å². The van der Waals surface area contributed by atoms with Crippen LogP contribution in [0.25, 0.3) is 0 Å². The Labute approximate surface area is 122 Å². The largest absolute Gasteiger partial charge is 0.459 e. The number of sulfonamides is 1. The molecule has 0 aliphatic rings. The van der Waals surface area contributed by atoms with Crippen molar-refractivity contribution in [3.8, 4) is 0 Å². The predicted octanol–water partition coefficient (Wildman–Crippen LogP) is 1.35. The Morgan fingerprint density at radius 2 is 1.95 bits per heavy atom. The number of nitrogen functional groups attached to an aromatic ring is 1. The van der Waals surface area contributed by atoms with Crippen molar-refractivity contribution < 1.29 is 17.9 Å². The second kappa shape index (κ2) is 6.02. The quantitative estimate of drug-likeness (QED) is 0.492. The highest BCUT2D eigenvalue weighted by Gasteiger charge is 2.19. The molecular formula is C12H18N2O4S2. The summed E-state index contributed by atoms with van der Waals surface area (Å²) in [4.78, 5) is 11.9. The average molecular weight is 318 g/mol. The van der Waals surface area contributed by atoms with Crippen molar-refractivity contribution in [3.63, 3.8) is 0 Å². The summed E-state index contributed by atoms with van der Waals surface area (Å²) >= 11 is 1.04. The minimum absolute atomic E-state index is 0.0102. The van der Waals surface area contributed by atoms with Crippen molar-refractivity contribution in [1.29, 1.82) is 0 Å². The van der Waals surface area contributed by atoms with Gasteiger partial charge >= 0.3 is 5.97 Å². The molecule has 0 fully saturated rings. The molecule has 0 aromatic heterocycles. The summed E-state index contributed by atoms with van der Waals surface area (Å²) in [5.41, 5.74) is 5.25. The van der Waals surface area contributed by atoms with Gasteiger partial charge in [0.25, 0.3) is 0 Å². The highest BCUT2D eigenvalue weighted by atomic mass is 32.2. The zero-order valence-electron chi connectivity index (χ0n) is 11.5. The van der Waals surface area contributed by atoms with Gasteiger partial charge in [-0.05, 0) is 39.0 Å². The predicted molar refractivity (Wildman–Crippen MR) is 78.8 cm³/mol. The number of benzene rings is 1. The van der Waals surface area contributed by atoms with Crippen molar-refractivity contribution >= 4 is 33.4 Å². The van der Waals surface area contributed by atoms with Gasteiger partial charge in [0, 0.05) is 10.6 Å². The van der Waals surface area contributed by atoms with E-state index in [0.717, 1.165) is 11.8 Å². The molecule has 0 unspecified atom stereocenters. The number of anilines is 1. The molecule has 6 nitrogen and oxygen atoms in total. The molecule has 112 valence electrons. The number of primary sulfonamides is 1. The minimum atomic E-state index is -3.89. The van der Waals surface area contributed by atoms with E-state index in [1.165, 1.54) is 12.1 Å². The first-order valence-electron chi connectivity index (χ1n) is 5.76. The van der Waals surface area contributed by atoms with Gasteiger partial charge in [-0.25, -0.2) is 13.6 Å². The maximum absolute atomic E-state index is 11.6. The highest BCUT2D eigenvalue weighted by molar-refractivity contribution is 8.00. The smallest absolute Gasteiger partial charge is 0.316 e. The van der Waals surface area contributed by atoms with E-state index >= 15 is 0 Å². The monoisotopic (exact) mass is 318 g/mol. The number of hydrogen-bond acceptors (Lipinski definition) is 6. The molecule has 0 aliphatic carbocycles. The van der Waals surface area contributed by atoms with Crippen LogP contribution >= 0.6 is 11.8 Å². The Kier molecular flexibility index (Phi) is 5.06. The lowest BCUT2D eigenvalue weighted by Gasteiger charge is -2.19. The van der Waals surface area contributed by atoms with Crippen LogP contribution in [0.1, 0.15) is 20.8 Å². The lowest BCUT2D eigenvalue weighted by molar-refractivity contribution is -0.151. The van der Waals surface area contributed by atoms with Gasteiger partial charge in [-0.2, -0.15) is 0 Å². The normalized spacial score (nSPS) is 12.2. The number of thioether (sulfide) groups is 1. The van der Waals surface area contributed by atoms with E-state index in [0.29, 0.717) is 4.90 Å². The molecule has 0 heterocycles. The van der Waals surface area contributed by atoms with E-state index in [2.05, 4.69) is 0 Å². The molecule has 0 atom stereocenters. The van der Waals surface area contributed by atoms with Crippen LogP contribution < -0.4 is 10.9 Å². The van der Waals surface area contributed by atoms with Gasteiger partial charge in [0.1, 0.15) is 5.60 Å². The van der Waals surface area contributed by atoms with E-state index in [4.69, 9.17) is 15.6 Å². The first kappa shape index (κ1) is 16.8. The zero-order chi connectivity index (χ0) is 15.6. The molecule has 1 aromatic carbocycles. The fraction of sp³-hybridized carbons (Fsp3) is 0.417. The second-order valence-electron chi connectivity index (χ2n) is 5.13. The van der Waals surface area contributed by atoms with Crippen LogP contribution in [-0.4, -0.2) is 25.7 Å². The molecule has 1 aromatic rings. The van der Waals surface area contributed by atoms with Crippen LogP contribution in [-0.2, 0) is 19.6 Å². The average Bonchev–Trinajstić information content (AvgIpc) is 2.23. The van der Waals surface area contributed by atoms with Crippen LogP contribution in [0.3, 0.4) is 0 Å². The minimum Gasteiger partial charge on any atom is -0.459 e. The lowest BCUT2D eigenvalue weighted by Crippen LogP contribution is -2.25. The van der Waals surface area contributed by atoms with Crippen molar-refractivity contribution in [2.24, 2.45) is 5.14 Å². The van der Waals surface area contributed by atoms with E-state index in [1.807, 2.05) is 0 Å². The fourth-order valence-corrected chi connectivity index (χ4v) is 3.25. The number of esters is 1. The molecule has 0 bridgehead atoms. The summed E-state index contributed by atoms with van der Waals surface area (Å²) in [6.45, 7) is 5.28. The molecule has 20 heavy (non-hydrogen) atoms. The summed E-state index contributed by atoms with van der Waals surface area (Å²) in [7, 11) is -3.89. The molecule has 0 spiro atoms. The molecule has 0 aliphatic heterocycles. The van der Waals surface area contributed by atoms with Gasteiger partial charge in [-0.15, -0.1) is 11.8 Å². The number of carbonyl (C=O) groups excluding carboxylic acids is 1. The van der Waals surface area contributed by atoms with Gasteiger partial charge < -0.3 is 10.5 Å². The number of nitrogens with two attached hydrogens (primary N) is 2. The first-order chi connectivity index (χ1) is 8.99. The van der Waals surface area contributed by atoms with Gasteiger partial charge in [0.05, 0.1) is 10.6 Å². The van der Waals surface area contributed by atoms with E-state index in [-0.39, 0.29) is 16.3 Å². The standard InChI is InChI=1S/C12H18N2O4S2/c1-12(2,3)18-11(15)7-19-9-5-4-8(13)6-10(9)20(14,16)17/h4-6H,7,13H2,1-3H3,(H2,14,16,17). The highest BCUT2D eigenvalue weighted by Crippen LogP contribution is 2.28. The maximum Gasteiger partial charge on any atom is 0.316 e. The summed E-state index contributed by atoms with van der Waals surface area (Å²) in [5, 5.41) is 5.12. The molecule has 0 saturated heterocycles. The molecular weight excluding hydrogens is 300 g/mol. The molecule has 0 saturated carbocycles. The third kappa shape index (κ3) is 5.40. The molecule has 4 N–H and O–H groups in total. The lowest BCUT2D eigenvalue weighted by atomic mass is 10.2. The Morgan fingerprint density at radius 3 is 2.45 bits per heavy atom. The molecule has 8 heteroatoms. The van der Waals surface area contributed by atoms with Gasteiger partial charge in [0.15, 0.2) is 0 Å². The van der Waals surface area contributed by atoms with Crippen LogP contribution in [0.5, 0.6) is 0 Å². The maximum atomic E-state index is 11.6. The third-order valence-corrected chi connectivity index (χ3v) is 4.17. The van der Waals surface area contributed by atoms with Gasteiger partial charge in [-0.1, -0.05) is 0 Å². The number of carbonyl (C=O) groups is 1. The molecule has 0 amide bonds. The molecule has 1 rings (SSSR count). The molecule has 0 radical (unpaired) electrons. The van der Waals surface area contributed by atoms with Gasteiger partial charge in [-0.3, -0.25) is 4.79 Å². The van der Waals surface area contributed by atoms with Crippen molar-refractivity contribution in [2.45, 2.75) is 36.2 Å². The third-order valence-electron chi connectivity index (χ3n) is 2.04. The fourth-order valence-electron chi connectivity index (χ4n) is 1.37. The Morgan fingerprint density at radius 1 is 1.35 bits per heavy atom. The summed E-state index contributed by atoms with van der Waals surface area (Å²) in [6, 6.07) is 4.34. The van der Waals surface area contributed by atoms with E-state index in [1.54, 1.807) is 26.8 Å². The number of rotatable bonds is 4. The Balaban J connectivity index is 2.87. The van der Waals surface area contributed by atoms with Crippen LogP contribution in [0.15, 0.2) is 28.0 Å². The van der Waals surface area contributed by atoms with Crippen molar-refractivity contribution in [2.75, 3.05) is 11.5 Å². The Hall–Kier alpha value is -1.25. The Bertz CT molecular complexity index is 606. The van der Waals surface area contributed by atoms with Crippen LogP contribution in [0.2, 0.25) is 0 Å². The topological polar surface area (TPSA) is 112 Å².